The summed E-state index contributed by atoms with van der Waals surface area (Å²) in [6, 6.07) is -0.121. The zero-order chi connectivity index (χ0) is 14.8. The highest BCUT2D eigenvalue weighted by Gasteiger charge is 2.45. The van der Waals surface area contributed by atoms with Crippen molar-refractivity contribution in [2.24, 2.45) is 0 Å². The van der Waals surface area contributed by atoms with Gasteiger partial charge in [-0.2, -0.15) is 0 Å². The lowest BCUT2D eigenvalue weighted by molar-refractivity contribution is -0.153. The van der Waals surface area contributed by atoms with Crippen molar-refractivity contribution in [1.82, 2.24) is 4.90 Å². The van der Waals surface area contributed by atoms with Crippen LogP contribution in [-0.4, -0.2) is 41.3 Å². The standard InChI is InChI=1S/C14H23NO4/c1-13(2,3)19-12(17)15(10-8-7-9-10)14(4,5)11(16)18-6/h7-8,10H,9H2,1-6H3. The Kier molecular flexibility index (Phi) is 4.28. The quantitative estimate of drug-likeness (QED) is 0.583. The summed E-state index contributed by atoms with van der Waals surface area (Å²) in [5, 5.41) is 0. The van der Waals surface area contributed by atoms with Gasteiger partial charge in [-0.3, -0.25) is 4.90 Å². The van der Waals surface area contributed by atoms with Crippen molar-refractivity contribution >= 4 is 12.1 Å². The Morgan fingerprint density at radius 3 is 2.05 bits per heavy atom. The average Bonchev–Trinajstić information content (AvgIpc) is 2.18. The van der Waals surface area contributed by atoms with Gasteiger partial charge in [-0.05, 0) is 41.0 Å². The molecule has 0 heterocycles. The minimum atomic E-state index is -1.06. The van der Waals surface area contributed by atoms with E-state index in [1.807, 2.05) is 12.2 Å². The summed E-state index contributed by atoms with van der Waals surface area (Å²) in [6.07, 6.45) is 4.06. The summed E-state index contributed by atoms with van der Waals surface area (Å²) in [5.74, 6) is -0.460. The zero-order valence-corrected chi connectivity index (χ0v) is 12.5. The Balaban J connectivity index is 2.98. The van der Waals surface area contributed by atoms with Gasteiger partial charge in [0.05, 0.1) is 13.2 Å². The summed E-state index contributed by atoms with van der Waals surface area (Å²) in [6.45, 7) is 8.71. The van der Waals surface area contributed by atoms with Gasteiger partial charge in [0.15, 0.2) is 0 Å². The second kappa shape index (κ2) is 5.23. The SMILES string of the molecule is COC(=O)C(C)(C)N(C(=O)OC(C)(C)C)C1C=CC1. The number of carbonyl (C=O) groups excluding carboxylic acids is 2. The van der Waals surface area contributed by atoms with Crippen LogP contribution in [0.1, 0.15) is 41.0 Å². The van der Waals surface area contributed by atoms with Gasteiger partial charge >= 0.3 is 12.1 Å². The Morgan fingerprint density at radius 2 is 1.74 bits per heavy atom. The van der Waals surface area contributed by atoms with Gasteiger partial charge in [0.25, 0.3) is 0 Å². The van der Waals surface area contributed by atoms with Gasteiger partial charge in [0.1, 0.15) is 11.1 Å². The number of hydrogen-bond donors (Lipinski definition) is 0. The van der Waals surface area contributed by atoms with Crippen molar-refractivity contribution in [1.29, 1.82) is 0 Å². The van der Waals surface area contributed by atoms with Gasteiger partial charge in [0.2, 0.25) is 0 Å². The molecule has 1 atom stereocenters. The second-order valence-electron chi connectivity index (χ2n) is 6.13. The van der Waals surface area contributed by atoms with Crippen molar-refractivity contribution < 1.29 is 19.1 Å². The highest BCUT2D eigenvalue weighted by Crippen LogP contribution is 2.28. The summed E-state index contributed by atoms with van der Waals surface area (Å²) >= 11 is 0. The highest BCUT2D eigenvalue weighted by molar-refractivity contribution is 5.85. The van der Waals surface area contributed by atoms with Crippen molar-refractivity contribution in [2.75, 3.05) is 7.11 Å². The van der Waals surface area contributed by atoms with Crippen LogP contribution in [0, 0.1) is 0 Å². The molecule has 0 fully saturated rings. The fraction of sp³-hybridized carbons (Fsp3) is 0.714. The third-order valence-corrected chi connectivity index (χ3v) is 2.94. The van der Waals surface area contributed by atoms with Gasteiger partial charge in [-0.1, -0.05) is 12.2 Å². The molecule has 0 radical (unpaired) electrons. The van der Waals surface area contributed by atoms with E-state index in [1.165, 1.54) is 12.0 Å². The van der Waals surface area contributed by atoms with Crippen LogP contribution >= 0.6 is 0 Å². The van der Waals surface area contributed by atoms with Gasteiger partial charge in [0, 0.05) is 0 Å². The topological polar surface area (TPSA) is 55.8 Å². The Labute approximate surface area is 114 Å². The maximum Gasteiger partial charge on any atom is 0.411 e. The molecule has 0 bridgehead atoms. The van der Waals surface area contributed by atoms with Crippen LogP contribution in [-0.2, 0) is 14.3 Å². The third-order valence-electron chi connectivity index (χ3n) is 2.94. The molecule has 0 saturated carbocycles. The van der Waals surface area contributed by atoms with Crippen molar-refractivity contribution in [2.45, 2.75) is 58.2 Å². The molecule has 0 spiro atoms. The molecule has 5 nitrogen and oxygen atoms in total. The highest BCUT2D eigenvalue weighted by atomic mass is 16.6. The first-order valence-electron chi connectivity index (χ1n) is 6.37. The molecule has 1 aliphatic carbocycles. The normalized spacial score (nSPS) is 18.5. The molecule has 0 aliphatic heterocycles. The van der Waals surface area contributed by atoms with Gasteiger partial charge in [-0.15, -0.1) is 0 Å². The first kappa shape index (κ1) is 15.5. The van der Waals surface area contributed by atoms with Crippen LogP contribution in [0.5, 0.6) is 0 Å². The molecule has 0 N–H and O–H groups in total. The third kappa shape index (κ3) is 3.49. The van der Waals surface area contributed by atoms with Crippen molar-refractivity contribution in [3.63, 3.8) is 0 Å². The Bertz CT molecular complexity index is 393. The number of ether oxygens (including phenoxy) is 2. The average molecular weight is 269 g/mol. The molecular weight excluding hydrogens is 246 g/mol. The number of nitrogens with zero attached hydrogens (tertiary/aromatic N) is 1. The molecule has 0 aromatic carbocycles. The zero-order valence-electron chi connectivity index (χ0n) is 12.5. The molecule has 1 unspecified atom stereocenters. The van der Waals surface area contributed by atoms with Crippen LogP contribution in [0.3, 0.4) is 0 Å². The minimum Gasteiger partial charge on any atom is -0.467 e. The molecule has 1 aliphatic rings. The van der Waals surface area contributed by atoms with E-state index in [4.69, 9.17) is 9.47 Å². The first-order chi connectivity index (χ1) is 8.59. The number of rotatable bonds is 3. The maximum atomic E-state index is 12.3. The largest absolute Gasteiger partial charge is 0.467 e. The van der Waals surface area contributed by atoms with E-state index >= 15 is 0 Å². The van der Waals surface area contributed by atoms with E-state index in [0.29, 0.717) is 0 Å². The predicted octanol–water partition coefficient (Wildman–Crippen LogP) is 2.50. The van der Waals surface area contributed by atoms with Gasteiger partial charge < -0.3 is 9.47 Å². The summed E-state index contributed by atoms with van der Waals surface area (Å²) in [4.78, 5) is 25.7. The van der Waals surface area contributed by atoms with Crippen LogP contribution in [0.25, 0.3) is 0 Å². The van der Waals surface area contributed by atoms with Crippen molar-refractivity contribution in [3.8, 4) is 0 Å². The van der Waals surface area contributed by atoms with Crippen LogP contribution < -0.4 is 0 Å². The van der Waals surface area contributed by atoms with Crippen LogP contribution in [0.4, 0.5) is 4.79 Å². The first-order valence-corrected chi connectivity index (χ1v) is 6.37. The fourth-order valence-electron chi connectivity index (χ4n) is 1.89. The number of hydrogen-bond acceptors (Lipinski definition) is 4. The molecule has 0 aromatic rings. The number of esters is 1. The number of carbonyl (C=O) groups is 2. The van der Waals surface area contributed by atoms with Crippen molar-refractivity contribution in [3.05, 3.63) is 12.2 Å². The lowest BCUT2D eigenvalue weighted by atomic mass is 9.94. The van der Waals surface area contributed by atoms with E-state index in [2.05, 4.69) is 0 Å². The maximum absolute atomic E-state index is 12.3. The molecule has 5 heteroatoms. The monoisotopic (exact) mass is 269 g/mol. The molecule has 0 saturated heterocycles. The molecule has 108 valence electrons. The summed E-state index contributed by atoms with van der Waals surface area (Å²) in [5.41, 5.74) is -1.67. The molecule has 19 heavy (non-hydrogen) atoms. The van der Waals surface area contributed by atoms with Crippen LogP contribution in [0.15, 0.2) is 12.2 Å². The van der Waals surface area contributed by atoms with Gasteiger partial charge in [-0.25, -0.2) is 9.59 Å². The molecule has 1 rings (SSSR count). The molecular formula is C14H23NO4. The van der Waals surface area contributed by atoms with E-state index in [1.54, 1.807) is 34.6 Å². The number of methoxy groups -OCH3 is 1. The van der Waals surface area contributed by atoms with E-state index in [0.717, 1.165) is 6.42 Å². The van der Waals surface area contributed by atoms with Crippen LogP contribution in [0.2, 0.25) is 0 Å². The summed E-state index contributed by atoms with van der Waals surface area (Å²) in [7, 11) is 1.31. The second-order valence-corrected chi connectivity index (χ2v) is 6.13. The summed E-state index contributed by atoms with van der Waals surface area (Å²) < 4.78 is 10.2. The lowest BCUT2D eigenvalue weighted by Gasteiger charge is -2.42. The fourth-order valence-corrected chi connectivity index (χ4v) is 1.89. The number of amides is 1. The Morgan fingerprint density at radius 1 is 1.21 bits per heavy atom. The lowest BCUT2D eigenvalue weighted by Crippen LogP contribution is -2.59. The predicted molar refractivity (Wildman–Crippen MR) is 71.7 cm³/mol. The molecule has 0 aromatic heterocycles. The van der Waals surface area contributed by atoms with E-state index in [9.17, 15) is 9.59 Å². The Hall–Kier alpha value is -1.52. The van der Waals surface area contributed by atoms with E-state index < -0.39 is 23.2 Å². The smallest absolute Gasteiger partial charge is 0.411 e. The minimum absolute atomic E-state index is 0.121. The molecule has 1 amide bonds. The van der Waals surface area contributed by atoms with E-state index in [-0.39, 0.29) is 6.04 Å².